The molecule has 0 aliphatic carbocycles. The van der Waals surface area contributed by atoms with Gasteiger partial charge < -0.3 is 14.8 Å². The van der Waals surface area contributed by atoms with Gasteiger partial charge in [0.15, 0.2) is 18.1 Å². The molecule has 0 saturated carbocycles. The Morgan fingerprint density at radius 1 is 1.04 bits per heavy atom. The largest absolute Gasteiger partial charge is 0.490 e. The molecule has 0 aliphatic heterocycles. The molecule has 5 nitrogen and oxygen atoms in total. The van der Waals surface area contributed by atoms with Gasteiger partial charge in [-0.1, -0.05) is 32.0 Å². The molecule has 0 aliphatic rings. The third kappa shape index (κ3) is 4.76. The topological polar surface area (TPSA) is 71.3 Å². The highest BCUT2D eigenvalue weighted by Crippen LogP contribution is 2.28. The number of carbonyl (C=O) groups excluding carboxylic acids is 1. The molecule has 1 N–H and O–H groups in total. The second kappa shape index (κ2) is 9.47. The summed E-state index contributed by atoms with van der Waals surface area (Å²) in [5.41, 5.74) is 3.56. The Morgan fingerprint density at radius 3 is 2.31 bits per heavy atom. The van der Waals surface area contributed by atoms with E-state index >= 15 is 0 Å². The molecule has 5 heteroatoms. The monoisotopic (exact) mass is 352 g/mol. The van der Waals surface area contributed by atoms with E-state index in [1.807, 2.05) is 25.1 Å². The lowest BCUT2D eigenvalue weighted by Crippen LogP contribution is -2.22. The van der Waals surface area contributed by atoms with Gasteiger partial charge in [0.25, 0.3) is 5.91 Å². The zero-order chi connectivity index (χ0) is 18.9. The van der Waals surface area contributed by atoms with Gasteiger partial charge in [0.2, 0.25) is 0 Å². The highest BCUT2D eigenvalue weighted by Gasteiger charge is 2.12. The Hall–Kier alpha value is -3.00. The molecule has 0 bridgehead atoms. The molecule has 0 unspecified atom stereocenters. The first-order valence-corrected chi connectivity index (χ1v) is 8.83. The first-order chi connectivity index (χ1) is 12.6. The van der Waals surface area contributed by atoms with Crippen molar-refractivity contribution in [2.45, 2.75) is 33.6 Å². The maximum absolute atomic E-state index is 12.4. The van der Waals surface area contributed by atoms with Crippen LogP contribution >= 0.6 is 0 Å². The van der Waals surface area contributed by atoms with Crippen molar-refractivity contribution in [2.24, 2.45) is 0 Å². The molecule has 2 aromatic carbocycles. The standard InChI is InChI=1S/C21H24N2O3/c1-4-16-8-7-9-17(5-2)21(16)23-20(24)14-26-18-11-10-15(13-22)12-19(18)25-6-3/h7-12H,4-6,14H2,1-3H3,(H,23,24). The first kappa shape index (κ1) is 19.3. The van der Waals surface area contributed by atoms with Crippen LogP contribution in [0.4, 0.5) is 5.69 Å². The number of benzene rings is 2. The van der Waals surface area contributed by atoms with Crippen molar-refractivity contribution >= 4 is 11.6 Å². The lowest BCUT2D eigenvalue weighted by molar-refractivity contribution is -0.118. The lowest BCUT2D eigenvalue weighted by Gasteiger charge is -2.15. The predicted molar refractivity (Wildman–Crippen MR) is 102 cm³/mol. The number of nitrogens with one attached hydrogen (secondary N) is 1. The number of anilines is 1. The van der Waals surface area contributed by atoms with Crippen molar-refractivity contribution in [1.29, 1.82) is 5.26 Å². The Balaban J connectivity index is 2.10. The van der Waals surface area contributed by atoms with E-state index in [9.17, 15) is 4.79 Å². The summed E-state index contributed by atoms with van der Waals surface area (Å²) in [6.07, 6.45) is 1.68. The third-order valence-corrected chi connectivity index (χ3v) is 3.99. The van der Waals surface area contributed by atoms with Crippen LogP contribution in [0.2, 0.25) is 0 Å². The zero-order valence-corrected chi connectivity index (χ0v) is 15.5. The molecule has 2 rings (SSSR count). The first-order valence-electron chi connectivity index (χ1n) is 8.83. The van der Waals surface area contributed by atoms with Crippen molar-refractivity contribution in [1.82, 2.24) is 0 Å². The highest BCUT2D eigenvalue weighted by molar-refractivity contribution is 5.93. The van der Waals surface area contributed by atoms with Crippen LogP contribution in [-0.2, 0) is 17.6 Å². The fraction of sp³-hybridized carbons (Fsp3) is 0.333. The van der Waals surface area contributed by atoms with Gasteiger partial charge in [0, 0.05) is 11.8 Å². The molecule has 0 aromatic heterocycles. The Labute approximate surface area is 154 Å². The van der Waals surface area contributed by atoms with Gasteiger partial charge in [-0.3, -0.25) is 4.79 Å². The summed E-state index contributed by atoms with van der Waals surface area (Å²) < 4.78 is 11.1. The molecule has 0 atom stereocenters. The van der Waals surface area contributed by atoms with Crippen LogP contribution in [-0.4, -0.2) is 19.1 Å². The average molecular weight is 352 g/mol. The molecule has 26 heavy (non-hydrogen) atoms. The van der Waals surface area contributed by atoms with E-state index in [2.05, 4.69) is 25.2 Å². The molecule has 0 fully saturated rings. The van der Waals surface area contributed by atoms with Crippen molar-refractivity contribution in [3.63, 3.8) is 0 Å². The summed E-state index contributed by atoms with van der Waals surface area (Å²) in [4.78, 5) is 12.4. The molecule has 136 valence electrons. The number of rotatable bonds is 8. The number of nitriles is 1. The van der Waals surface area contributed by atoms with Gasteiger partial charge in [-0.15, -0.1) is 0 Å². The number of para-hydroxylation sites is 1. The molecule has 0 spiro atoms. The van der Waals surface area contributed by atoms with Crippen molar-refractivity contribution in [3.8, 4) is 17.6 Å². The number of hydrogen-bond donors (Lipinski definition) is 1. The van der Waals surface area contributed by atoms with E-state index in [0.717, 1.165) is 29.7 Å². The van der Waals surface area contributed by atoms with Crippen LogP contribution in [0.3, 0.4) is 0 Å². The van der Waals surface area contributed by atoms with Gasteiger partial charge in [-0.05, 0) is 43.0 Å². The van der Waals surface area contributed by atoms with Crippen LogP contribution in [0.5, 0.6) is 11.5 Å². The van der Waals surface area contributed by atoms with Gasteiger partial charge >= 0.3 is 0 Å². The normalized spacial score (nSPS) is 10.1. The fourth-order valence-electron chi connectivity index (χ4n) is 2.69. The smallest absolute Gasteiger partial charge is 0.262 e. The third-order valence-electron chi connectivity index (χ3n) is 3.99. The number of amides is 1. The van der Waals surface area contributed by atoms with Gasteiger partial charge in [0.1, 0.15) is 0 Å². The lowest BCUT2D eigenvalue weighted by atomic mass is 10.0. The van der Waals surface area contributed by atoms with Gasteiger partial charge in [-0.25, -0.2) is 0 Å². The minimum absolute atomic E-state index is 0.132. The minimum atomic E-state index is -0.229. The van der Waals surface area contributed by atoms with E-state index in [-0.39, 0.29) is 12.5 Å². The molecular formula is C21H24N2O3. The second-order valence-corrected chi connectivity index (χ2v) is 5.70. The molecule has 0 heterocycles. The highest BCUT2D eigenvalue weighted by atomic mass is 16.5. The number of carbonyl (C=O) groups is 1. The van der Waals surface area contributed by atoms with E-state index in [4.69, 9.17) is 14.7 Å². The maximum Gasteiger partial charge on any atom is 0.262 e. The van der Waals surface area contributed by atoms with Gasteiger partial charge in [0.05, 0.1) is 18.2 Å². The van der Waals surface area contributed by atoms with Crippen LogP contribution in [0, 0.1) is 11.3 Å². The van der Waals surface area contributed by atoms with Crippen molar-refractivity contribution in [2.75, 3.05) is 18.5 Å². The van der Waals surface area contributed by atoms with Crippen LogP contribution < -0.4 is 14.8 Å². The summed E-state index contributed by atoms with van der Waals surface area (Å²) in [6, 6.07) is 13.0. The average Bonchev–Trinajstić information content (AvgIpc) is 2.67. The van der Waals surface area contributed by atoms with E-state index < -0.39 is 0 Å². The molecule has 1 amide bonds. The molecule has 0 saturated heterocycles. The summed E-state index contributed by atoms with van der Waals surface area (Å²) in [7, 11) is 0. The van der Waals surface area contributed by atoms with Crippen molar-refractivity contribution in [3.05, 3.63) is 53.1 Å². The number of aryl methyl sites for hydroxylation is 2. The Kier molecular flexibility index (Phi) is 7.04. The summed E-state index contributed by atoms with van der Waals surface area (Å²) in [5, 5.41) is 12.0. The minimum Gasteiger partial charge on any atom is -0.490 e. The number of hydrogen-bond acceptors (Lipinski definition) is 4. The summed E-state index contributed by atoms with van der Waals surface area (Å²) in [6.45, 7) is 6.29. The molecular weight excluding hydrogens is 328 g/mol. The van der Waals surface area contributed by atoms with Crippen LogP contribution in [0.25, 0.3) is 0 Å². The quantitative estimate of drug-likeness (QED) is 0.776. The van der Waals surface area contributed by atoms with Crippen LogP contribution in [0.15, 0.2) is 36.4 Å². The maximum atomic E-state index is 12.4. The zero-order valence-electron chi connectivity index (χ0n) is 15.5. The van der Waals surface area contributed by atoms with Crippen molar-refractivity contribution < 1.29 is 14.3 Å². The SMILES string of the molecule is CCOc1cc(C#N)ccc1OCC(=O)Nc1c(CC)cccc1CC. The predicted octanol–water partition coefficient (Wildman–Crippen LogP) is 4.10. The van der Waals surface area contributed by atoms with Gasteiger partial charge in [-0.2, -0.15) is 5.26 Å². The summed E-state index contributed by atoms with van der Waals surface area (Å²) in [5.74, 6) is 0.676. The van der Waals surface area contributed by atoms with E-state index in [0.29, 0.717) is 23.7 Å². The fourth-order valence-corrected chi connectivity index (χ4v) is 2.69. The van der Waals surface area contributed by atoms with E-state index in [1.165, 1.54) is 0 Å². The Bertz CT molecular complexity index is 787. The van der Waals surface area contributed by atoms with E-state index in [1.54, 1.807) is 18.2 Å². The second-order valence-electron chi connectivity index (χ2n) is 5.70. The number of nitrogens with zero attached hydrogens (tertiary/aromatic N) is 1. The summed E-state index contributed by atoms with van der Waals surface area (Å²) >= 11 is 0. The molecule has 2 aromatic rings. The van der Waals surface area contributed by atoms with Crippen LogP contribution in [0.1, 0.15) is 37.5 Å². The Morgan fingerprint density at radius 2 is 1.73 bits per heavy atom. The number of ether oxygens (including phenoxy) is 2. The molecule has 0 radical (unpaired) electrons.